The molecule has 1 unspecified atom stereocenters. The van der Waals surface area contributed by atoms with Gasteiger partial charge in [0, 0.05) is 13.1 Å². The molecule has 1 aromatic heterocycles. The molecule has 3 rings (SSSR count). The van der Waals surface area contributed by atoms with Crippen LogP contribution in [-0.4, -0.2) is 45.4 Å². The summed E-state index contributed by atoms with van der Waals surface area (Å²) in [5.41, 5.74) is 3.04. The summed E-state index contributed by atoms with van der Waals surface area (Å²) in [5, 5.41) is 6.91. The Balaban J connectivity index is 0.00000261. The van der Waals surface area contributed by atoms with E-state index in [4.69, 9.17) is 5.73 Å². The van der Waals surface area contributed by atoms with Crippen LogP contribution in [0.3, 0.4) is 0 Å². The van der Waals surface area contributed by atoms with Crippen molar-refractivity contribution >= 4 is 18.3 Å². The highest BCUT2D eigenvalue weighted by atomic mass is 35.5. The number of halogens is 5. The van der Waals surface area contributed by atoms with Crippen LogP contribution in [0.15, 0.2) is 24.3 Å². The van der Waals surface area contributed by atoms with Crippen molar-refractivity contribution in [3.8, 4) is 5.69 Å². The van der Waals surface area contributed by atoms with Gasteiger partial charge in [0.2, 0.25) is 0 Å². The molecule has 1 amide bonds. The van der Waals surface area contributed by atoms with E-state index in [1.807, 2.05) is 6.92 Å². The van der Waals surface area contributed by atoms with Gasteiger partial charge in [-0.1, -0.05) is 18.2 Å². The largest absolute Gasteiger partial charge is 0.435 e. The van der Waals surface area contributed by atoms with Crippen LogP contribution in [0.1, 0.15) is 29.5 Å². The van der Waals surface area contributed by atoms with E-state index in [9.17, 15) is 22.4 Å². The van der Waals surface area contributed by atoms with Crippen molar-refractivity contribution in [1.82, 2.24) is 19.9 Å². The molecule has 0 radical (unpaired) electrons. The van der Waals surface area contributed by atoms with Crippen molar-refractivity contribution in [1.29, 1.82) is 0 Å². The first kappa shape index (κ1) is 21.1. The van der Waals surface area contributed by atoms with E-state index in [1.54, 1.807) is 0 Å². The molecule has 1 saturated heterocycles. The average molecular weight is 408 g/mol. The number of alkyl halides is 3. The number of rotatable bonds is 3. The Morgan fingerprint density at radius 3 is 2.63 bits per heavy atom. The molecule has 148 valence electrons. The fourth-order valence-corrected chi connectivity index (χ4v) is 2.98. The Morgan fingerprint density at radius 1 is 1.37 bits per heavy atom. The fourth-order valence-electron chi connectivity index (χ4n) is 2.98. The molecule has 2 N–H and O–H groups in total. The molecule has 1 aliphatic rings. The number of carbonyl (C=O) groups excluding carboxylic acids is 1. The summed E-state index contributed by atoms with van der Waals surface area (Å²) in [5.74, 6) is -1.59. The molecular weight excluding hydrogens is 390 g/mol. The third-order valence-electron chi connectivity index (χ3n) is 4.53. The minimum absolute atomic E-state index is 0. The van der Waals surface area contributed by atoms with Crippen molar-refractivity contribution in [2.24, 2.45) is 11.1 Å². The summed E-state index contributed by atoms with van der Waals surface area (Å²) in [7, 11) is 0. The average Bonchev–Trinajstić information content (AvgIpc) is 3.19. The number of benzene rings is 1. The van der Waals surface area contributed by atoms with Crippen molar-refractivity contribution < 1.29 is 22.4 Å². The van der Waals surface area contributed by atoms with Crippen LogP contribution in [-0.2, 0) is 6.18 Å². The van der Waals surface area contributed by atoms with Crippen LogP contribution in [0.25, 0.3) is 5.69 Å². The Kier molecular flexibility index (Phi) is 5.81. The first-order valence-corrected chi connectivity index (χ1v) is 7.93. The molecule has 0 bridgehead atoms. The van der Waals surface area contributed by atoms with Gasteiger partial charge in [0.25, 0.3) is 5.91 Å². The molecular formula is C16H18ClF4N5O. The molecule has 2 heterocycles. The molecule has 27 heavy (non-hydrogen) atoms. The zero-order chi connectivity index (χ0) is 19.1. The molecule has 1 aliphatic heterocycles. The van der Waals surface area contributed by atoms with Crippen LogP contribution in [0.2, 0.25) is 0 Å². The second kappa shape index (κ2) is 7.43. The SMILES string of the molecule is CC1(CN)CCN(C(=O)c2nnn(-c3cccc(F)c3)c2C(F)(F)F)C1.Cl. The first-order valence-electron chi connectivity index (χ1n) is 7.93. The van der Waals surface area contributed by atoms with Gasteiger partial charge < -0.3 is 10.6 Å². The maximum Gasteiger partial charge on any atom is 0.435 e. The lowest BCUT2D eigenvalue weighted by Crippen LogP contribution is -2.35. The quantitative estimate of drug-likeness (QED) is 0.793. The van der Waals surface area contributed by atoms with E-state index in [0.29, 0.717) is 17.6 Å². The number of nitrogens with two attached hydrogens (primary N) is 1. The van der Waals surface area contributed by atoms with Gasteiger partial charge in [-0.15, -0.1) is 17.5 Å². The number of carbonyl (C=O) groups is 1. The van der Waals surface area contributed by atoms with E-state index >= 15 is 0 Å². The predicted molar refractivity (Wildman–Crippen MR) is 91.2 cm³/mol. The third-order valence-corrected chi connectivity index (χ3v) is 4.53. The van der Waals surface area contributed by atoms with Gasteiger partial charge in [0.15, 0.2) is 11.4 Å². The Bertz CT molecular complexity index is 840. The van der Waals surface area contributed by atoms with Crippen molar-refractivity contribution in [3.63, 3.8) is 0 Å². The van der Waals surface area contributed by atoms with E-state index in [0.717, 1.165) is 12.1 Å². The molecule has 0 spiro atoms. The van der Waals surface area contributed by atoms with Crippen molar-refractivity contribution in [2.75, 3.05) is 19.6 Å². The normalized spacial score (nSPS) is 19.9. The maximum atomic E-state index is 13.6. The number of nitrogens with zero attached hydrogens (tertiary/aromatic N) is 4. The summed E-state index contributed by atoms with van der Waals surface area (Å²) in [4.78, 5) is 13.9. The standard InChI is InChI=1S/C16H17F4N5O.ClH/c1-15(8-21)5-6-24(9-15)14(26)12-13(16(18,19)20)25(23-22-12)11-4-2-3-10(17)7-11;/h2-4,7H,5-6,8-9,21H2,1H3;1H. The number of hydrogen-bond donors (Lipinski definition) is 1. The maximum absolute atomic E-state index is 13.6. The summed E-state index contributed by atoms with van der Waals surface area (Å²) in [6.45, 7) is 2.72. The van der Waals surface area contributed by atoms with Crippen molar-refractivity contribution in [3.05, 3.63) is 41.5 Å². The minimum atomic E-state index is -4.89. The van der Waals surface area contributed by atoms with Crippen LogP contribution >= 0.6 is 12.4 Å². The summed E-state index contributed by atoms with van der Waals surface area (Å²) < 4.78 is 54.7. The summed E-state index contributed by atoms with van der Waals surface area (Å²) in [6, 6.07) is 4.49. The van der Waals surface area contributed by atoms with Gasteiger partial charge in [-0.3, -0.25) is 4.79 Å². The molecule has 1 atom stereocenters. The van der Waals surface area contributed by atoms with Gasteiger partial charge in [0.05, 0.1) is 5.69 Å². The lowest BCUT2D eigenvalue weighted by atomic mass is 9.90. The van der Waals surface area contributed by atoms with Crippen LogP contribution in [0.5, 0.6) is 0 Å². The first-order chi connectivity index (χ1) is 12.1. The van der Waals surface area contributed by atoms with E-state index in [2.05, 4.69) is 10.3 Å². The second-order valence-corrected chi connectivity index (χ2v) is 6.67. The summed E-state index contributed by atoms with van der Waals surface area (Å²) in [6.07, 6.45) is -4.30. The molecule has 6 nitrogen and oxygen atoms in total. The molecule has 1 fully saturated rings. The minimum Gasteiger partial charge on any atom is -0.337 e. The molecule has 0 saturated carbocycles. The van der Waals surface area contributed by atoms with Gasteiger partial charge in [-0.25, -0.2) is 9.07 Å². The van der Waals surface area contributed by atoms with Gasteiger partial charge >= 0.3 is 6.18 Å². The van der Waals surface area contributed by atoms with Crippen LogP contribution < -0.4 is 5.73 Å². The predicted octanol–water partition coefficient (Wildman–Crippen LogP) is 2.66. The Morgan fingerprint density at radius 2 is 2.07 bits per heavy atom. The number of likely N-dealkylation sites (tertiary alicyclic amines) is 1. The highest BCUT2D eigenvalue weighted by Crippen LogP contribution is 2.35. The number of aromatic nitrogens is 3. The number of amides is 1. The van der Waals surface area contributed by atoms with Crippen molar-refractivity contribution in [2.45, 2.75) is 19.5 Å². The third kappa shape index (κ3) is 4.06. The molecule has 1 aromatic carbocycles. The van der Waals surface area contributed by atoms with Gasteiger partial charge in [-0.05, 0) is 36.6 Å². The van der Waals surface area contributed by atoms with E-state index in [1.165, 1.54) is 17.0 Å². The zero-order valence-electron chi connectivity index (χ0n) is 14.3. The summed E-state index contributed by atoms with van der Waals surface area (Å²) >= 11 is 0. The van der Waals surface area contributed by atoms with Gasteiger partial charge in [-0.2, -0.15) is 13.2 Å². The highest BCUT2D eigenvalue weighted by Gasteiger charge is 2.44. The monoisotopic (exact) mass is 407 g/mol. The van der Waals surface area contributed by atoms with Crippen LogP contribution in [0.4, 0.5) is 17.6 Å². The Hall–Kier alpha value is -2.20. The van der Waals surface area contributed by atoms with Crippen LogP contribution in [0, 0.1) is 11.2 Å². The zero-order valence-corrected chi connectivity index (χ0v) is 15.1. The van der Waals surface area contributed by atoms with Gasteiger partial charge in [0.1, 0.15) is 5.82 Å². The van der Waals surface area contributed by atoms with E-state index in [-0.39, 0.29) is 36.6 Å². The second-order valence-electron chi connectivity index (χ2n) is 6.67. The highest BCUT2D eigenvalue weighted by molar-refractivity contribution is 5.93. The topological polar surface area (TPSA) is 77.0 Å². The lowest BCUT2D eigenvalue weighted by Gasteiger charge is -2.22. The lowest BCUT2D eigenvalue weighted by molar-refractivity contribution is -0.143. The smallest absolute Gasteiger partial charge is 0.337 e. The Labute approximate surface area is 158 Å². The molecule has 11 heteroatoms. The molecule has 2 aromatic rings. The molecule has 0 aliphatic carbocycles. The number of hydrogen-bond acceptors (Lipinski definition) is 4. The fraction of sp³-hybridized carbons (Fsp3) is 0.438. The van der Waals surface area contributed by atoms with E-state index < -0.39 is 29.3 Å².